The number of ether oxygens (including phenoxy) is 3. The van der Waals surface area contributed by atoms with Gasteiger partial charge in [0.2, 0.25) is 0 Å². The lowest BCUT2D eigenvalue weighted by atomic mass is 10.0. The predicted molar refractivity (Wildman–Crippen MR) is 261 cm³/mol. The monoisotopic (exact) mass is 849 g/mol. The summed E-state index contributed by atoms with van der Waals surface area (Å²) in [7, 11) is 0. The van der Waals surface area contributed by atoms with E-state index in [1.807, 2.05) is 0 Å². The lowest BCUT2D eigenvalue weighted by Crippen LogP contribution is -2.30. The van der Waals surface area contributed by atoms with Crippen LogP contribution in [0.1, 0.15) is 316 Å². The molecular formula is C55H108O5. The van der Waals surface area contributed by atoms with E-state index in [9.17, 15) is 9.59 Å². The third-order valence-corrected chi connectivity index (χ3v) is 12.6. The van der Waals surface area contributed by atoms with Gasteiger partial charge in [-0.2, -0.15) is 0 Å². The highest BCUT2D eigenvalue weighted by molar-refractivity contribution is 5.70. The summed E-state index contributed by atoms with van der Waals surface area (Å²) in [4.78, 5) is 25.4. The Hall–Kier alpha value is -1.10. The molecule has 0 fully saturated rings. The molecule has 0 N–H and O–H groups in total. The third-order valence-electron chi connectivity index (χ3n) is 12.6. The van der Waals surface area contributed by atoms with Gasteiger partial charge in [-0.3, -0.25) is 9.59 Å². The summed E-state index contributed by atoms with van der Waals surface area (Å²) in [6.45, 7) is 7.91. The zero-order valence-corrected chi connectivity index (χ0v) is 41.3. The van der Waals surface area contributed by atoms with Crippen LogP contribution in [0, 0.1) is 0 Å². The molecule has 5 nitrogen and oxygen atoms in total. The fourth-order valence-corrected chi connectivity index (χ4v) is 8.51. The average Bonchev–Trinajstić information content (AvgIpc) is 3.25. The number of carbonyl (C=O) groups excluding carboxylic acids is 2. The number of unbranched alkanes of at least 4 members (excludes halogenated alkanes) is 41. The van der Waals surface area contributed by atoms with Crippen LogP contribution in [0.25, 0.3) is 0 Å². The number of rotatable bonds is 52. The van der Waals surface area contributed by atoms with Crippen LogP contribution in [-0.4, -0.2) is 37.9 Å². The summed E-state index contributed by atoms with van der Waals surface area (Å²) >= 11 is 0. The van der Waals surface area contributed by atoms with E-state index in [1.165, 1.54) is 250 Å². The summed E-state index contributed by atoms with van der Waals surface area (Å²) in [5.41, 5.74) is 0. The SMILES string of the molecule is CCCCCCCCCCCCCCCCCCCCCC(=O)OCC(COCCCCCCCCCCCC)OC(=O)CCCCCCCCCCCCCCCCC. The fraction of sp³-hybridized carbons (Fsp3) is 0.964. The molecular weight excluding hydrogens is 741 g/mol. The Balaban J connectivity index is 4.10. The first-order valence-corrected chi connectivity index (χ1v) is 27.6. The van der Waals surface area contributed by atoms with Gasteiger partial charge in [-0.25, -0.2) is 0 Å². The van der Waals surface area contributed by atoms with Crippen LogP contribution in [0.3, 0.4) is 0 Å². The first-order valence-electron chi connectivity index (χ1n) is 27.6. The van der Waals surface area contributed by atoms with E-state index in [4.69, 9.17) is 14.2 Å². The van der Waals surface area contributed by atoms with Gasteiger partial charge in [0.1, 0.15) is 6.61 Å². The van der Waals surface area contributed by atoms with Crippen LogP contribution < -0.4 is 0 Å². The van der Waals surface area contributed by atoms with E-state index in [0.717, 1.165) is 32.1 Å². The fourth-order valence-electron chi connectivity index (χ4n) is 8.51. The van der Waals surface area contributed by atoms with Gasteiger partial charge in [0.25, 0.3) is 0 Å². The molecule has 0 spiro atoms. The van der Waals surface area contributed by atoms with Crippen LogP contribution in [0.5, 0.6) is 0 Å². The second kappa shape index (κ2) is 52.2. The van der Waals surface area contributed by atoms with Crippen molar-refractivity contribution in [3.63, 3.8) is 0 Å². The first kappa shape index (κ1) is 58.9. The molecule has 60 heavy (non-hydrogen) atoms. The predicted octanol–water partition coefficient (Wildman–Crippen LogP) is 18.5. The Morgan fingerprint density at radius 1 is 0.300 bits per heavy atom. The smallest absolute Gasteiger partial charge is 0.306 e. The molecule has 0 aromatic carbocycles. The van der Waals surface area contributed by atoms with E-state index >= 15 is 0 Å². The molecule has 0 radical (unpaired) electrons. The second-order valence-electron chi connectivity index (χ2n) is 18.9. The summed E-state index contributed by atoms with van der Waals surface area (Å²) in [5, 5.41) is 0. The Kier molecular flexibility index (Phi) is 51.3. The van der Waals surface area contributed by atoms with Crippen molar-refractivity contribution in [1.29, 1.82) is 0 Å². The maximum atomic E-state index is 12.8. The van der Waals surface area contributed by atoms with Gasteiger partial charge in [0.15, 0.2) is 6.10 Å². The van der Waals surface area contributed by atoms with Crippen LogP contribution >= 0.6 is 0 Å². The summed E-state index contributed by atoms with van der Waals surface area (Å²) in [6.07, 6.45) is 58.3. The van der Waals surface area contributed by atoms with Gasteiger partial charge in [-0.15, -0.1) is 0 Å². The minimum atomic E-state index is -0.522. The highest BCUT2D eigenvalue weighted by Crippen LogP contribution is 2.17. The Morgan fingerprint density at radius 2 is 0.550 bits per heavy atom. The van der Waals surface area contributed by atoms with E-state index in [2.05, 4.69) is 20.8 Å². The van der Waals surface area contributed by atoms with E-state index in [0.29, 0.717) is 26.1 Å². The highest BCUT2D eigenvalue weighted by Gasteiger charge is 2.17. The normalized spacial score (nSPS) is 12.0. The van der Waals surface area contributed by atoms with Gasteiger partial charge < -0.3 is 14.2 Å². The molecule has 0 bridgehead atoms. The molecule has 5 heteroatoms. The van der Waals surface area contributed by atoms with Crippen molar-refractivity contribution < 1.29 is 23.8 Å². The Morgan fingerprint density at radius 3 is 0.850 bits per heavy atom. The van der Waals surface area contributed by atoms with Crippen molar-refractivity contribution in [2.75, 3.05) is 19.8 Å². The number of carbonyl (C=O) groups is 2. The highest BCUT2D eigenvalue weighted by atomic mass is 16.6. The maximum absolute atomic E-state index is 12.8. The number of hydrogen-bond donors (Lipinski definition) is 0. The molecule has 0 amide bonds. The molecule has 1 unspecified atom stereocenters. The molecule has 0 aromatic rings. The average molecular weight is 849 g/mol. The summed E-state index contributed by atoms with van der Waals surface area (Å²) in [5.74, 6) is -0.368. The van der Waals surface area contributed by atoms with Gasteiger partial charge >= 0.3 is 11.9 Å². The standard InChI is InChI=1S/C55H108O5/c1-4-7-10-13-16-19-22-24-26-27-28-29-31-32-34-36-39-42-45-48-54(56)59-52-53(51-58-50-47-44-41-38-21-18-15-12-9-6-3)60-55(57)49-46-43-40-37-35-33-30-25-23-20-17-14-11-8-5-2/h53H,4-52H2,1-3H3. The zero-order chi connectivity index (χ0) is 43.5. The molecule has 358 valence electrons. The maximum Gasteiger partial charge on any atom is 0.306 e. The molecule has 0 aliphatic heterocycles. The van der Waals surface area contributed by atoms with Crippen molar-refractivity contribution in [1.82, 2.24) is 0 Å². The quantitative estimate of drug-likeness (QED) is 0.0451. The van der Waals surface area contributed by atoms with Gasteiger partial charge in [-0.05, 0) is 19.3 Å². The molecule has 0 heterocycles. The third kappa shape index (κ3) is 49.6. The van der Waals surface area contributed by atoms with Crippen molar-refractivity contribution >= 4 is 11.9 Å². The second-order valence-corrected chi connectivity index (χ2v) is 18.9. The summed E-state index contributed by atoms with van der Waals surface area (Å²) in [6, 6.07) is 0. The lowest BCUT2D eigenvalue weighted by Gasteiger charge is -2.18. The van der Waals surface area contributed by atoms with Gasteiger partial charge in [-0.1, -0.05) is 284 Å². The zero-order valence-electron chi connectivity index (χ0n) is 41.3. The minimum Gasteiger partial charge on any atom is -0.462 e. The van der Waals surface area contributed by atoms with Crippen LogP contribution in [0.15, 0.2) is 0 Å². The molecule has 0 rings (SSSR count). The molecule has 0 aromatic heterocycles. The Labute approximate surface area is 376 Å². The largest absolute Gasteiger partial charge is 0.462 e. The molecule has 0 aliphatic carbocycles. The molecule has 0 saturated carbocycles. The van der Waals surface area contributed by atoms with Crippen molar-refractivity contribution in [2.24, 2.45) is 0 Å². The van der Waals surface area contributed by atoms with Crippen molar-refractivity contribution in [3.05, 3.63) is 0 Å². The van der Waals surface area contributed by atoms with Crippen LogP contribution in [0.2, 0.25) is 0 Å². The Bertz CT molecular complexity index is 830. The minimum absolute atomic E-state index is 0.0978. The molecule has 0 aliphatic rings. The van der Waals surface area contributed by atoms with Crippen molar-refractivity contribution in [3.8, 4) is 0 Å². The van der Waals surface area contributed by atoms with Crippen LogP contribution in [0.4, 0.5) is 0 Å². The van der Waals surface area contributed by atoms with E-state index < -0.39 is 6.10 Å². The molecule has 1 atom stereocenters. The van der Waals surface area contributed by atoms with Crippen molar-refractivity contribution in [2.45, 2.75) is 322 Å². The van der Waals surface area contributed by atoms with E-state index in [-0.39, 0.29) is 18.5 Å². The first-order chi connectivity index (χ1) is 29.6. The van der Waals surface area contributed by atoms with Gasteiger partial charge in [0.05, 0.1) is 6.61 Å². The number of hydrogen-bond acceptors (Lipinski definition) is 5. The van der Waals surface area contributed by atoms with Gasteiger partial charge in [0, 0.05) is 19.4 Å². The molecule has 0 saturated heterocycles. The van der Waals surface area contributed by atoms with E-state index in [1.54, 1.807) is 0 Å². The lowest BCUT2D eigenvalue weighted by molar-refractivity contribution is -0.163. The number of esters is 2. The topological polar surface area (TPSA) is 61.8 Å². The summed E-state index contributed by atoms with van der Waals surface area (Å²) < 4.78 is 17.4. The van der Waals surface area contributed by atoms with Crippen LogP contribution in [-0.2, 0) is 23.8 Å².